The lowest BCUT2D eigenvalue weighted by molar-refractivity contribution is 0.240. The molecule has 0 aromatic heterocycles. The average Bonchev–Trinajstić information content (AvgIpc) is 1.85. The molecule has 2 nitrogen and oxygen atoms in total. The van der Waals surface area contributed by atoms with E-state index in [2.05, 4.69) is 19.2 Å². The molecule has 0 unspecified atom stereocenters. The van der Waals surface area contributed by atoms with Crippen LogP contribution in [0, 0.1) is 0 Å². The van der Waals surface area contributed by atoms with Crippen molar-refractivity contribution < 1.29 is 5.11 Å². The lowest BCUT2D eigenvalue weighted by Crippen LogP contribution is -2.26. The average molecular weight is 131 g/mol. The Morgan fingerprint density at radius 3 is 2.67 bits per heavy atom. The van der Waals surface area contributed by atoms with Gasteiger partial charge >= 0.3 is 0 Å². The lowest BCUT2D eigenvalue weighted by Gasteiger charge is -2.09. The molecule has 0 bridgehead atoms. The third-order valence-electron chi connectivity index (χ3n) is 1.43. The van der Waals surface area contributed by atoms with Crippen LogP contribution in [0.15, 0.2) is 0 Å². The third-order valence-corrected chi connectivity index (χ3v) is 1.43. The Morgan fingerprint density at radius 1 is 1.56 bits per heavy atom. The van der Waals surface area contributed by atoms with Crippen LogP contribution in [0.4, 0.5) is 0 Å². The summed E-state index contributed by atoms with van der Waals surface area (Å²) >= 11 is 0. The zero-order valence-electron chi connectivity index (χ0n) is 6.35. The Balaban J connectivity index is 2.95. The highest BCUT2D eigenvalue weighted by Gasteiger charge is 1.96. The van der Waals surface area contributed by atoms with Gasteiger partial charge in [-0.15, -0.1) is 0 Å². The highest BCUT2D eigenvalue weighted by atomic mass is 16.3. The smallest absolute Gasteiger partial charge is 0.0933 e. The molecule has 0 rings (SSSR count). The standard InChI is InChI=1S/C7H17NO/c1-3-4-5-7(2)8-6-9/h7-9H,3-6H2,1-2H3/t7-/m1/s1. The van der Waals surface area contributed by atoms with Crippen molar-refractivity contribution in [2.75, 3.05) is 6.73 Å². The van der Waals surface area contributed by atoms with Gasteiger partial charge < -0.3 is 5.11 Å². The van der Waals surface area contributed by atoms with E-state index < -0.39 is 0 Å². The van der Waals surface area contributed by atoms with Crippen LogP contribution in [0.1, 0.15) is 33.1 Å². The Kier molecular flexibility index (Phi) is 5.99. The van der Waals surface area contributed by atoms with Crippen molar-refractivity contribution in [3.8, 4) is 0 Å². The van der Waals surface area contributed by atoms with Crippen molar-refractivity contribution in [3.05, 3.63) is 0 Å². The van der Waals surface area contributed by atoms with Gasteiger partial charge in [0.2, 0.25) is 0 Å². The molecule has 0 aliphatic rings. The number of aliphatic hydroxyl groups excluding tert-OH is 1. The summed E-state index contributed by atoms with van der Waals surface area (Å²) in [6.45, 7) is 4.36. The minimum Gasteiger partial charge on any atom is -0.381 e. The van der Waals surface area contributed by atoms with Crippen LogP contribution in [-0.2, 0) is 0 Å². The molecular weight excluding hydrogens is 114 g/mol. The molecule has 2 heteroatoms. The van der Waals surface area contributed by atoms with E-state index in [0.717, 1.165) is 6.42 Å². The zero-order valence-corrected chi connectivity index (χ0v) is 6.35. The largest absolute Gasteiger partial charge is 0.381 e. The predicted molar refractivity (Wildman–Crippen MR) is 39.2 cm³/mol. The SMILES string of the molecule is CCCC[C@@H](C)NCO. The topological polar surface area (TPSA) is 32.3 Å². The number of nitrogens with one attached hydrogen (secondary N) is 1. The van der Waals surface area contributed by atoms with Crippen LogP contribution < -0.4 is 5.32 Å². The van der Waals surface area contributed by atoms with E-state index in [0.29, 0.717) is 6.04 Å². The van der Waals surface area contributed by atoms with Crippen molar-refractivity contribution >= 4 is 0 Å². The first-order valence-electron chi connectivity index (χ1n) is 3.65. The third kappa shape index (κ3) is 5.80. The van der Waals surface area contributed by atoms with Gasteiger partial charge in [0.1, 0.15) is 0 Å². The van der Waals surface area contributed by atoms with Gasteiger partial charge in [-0.2, -0.15) is 0 Å². The van der Waals surface area contributed by atoms with Crippen molar-refractivity contribution in [3.63, 3.8) is 0 Å². The van der Waals surface area contributed by atoms with E-state index in [9.17, 15) is 0 Å². The van der Waals surface area contributed by atoms with Crippen LogP contribution >= 0.6 is 0 Å². The summed E-state index contributed by atoms with van der Waals surface area (Å²) < 4.78 is 0. The molecule has 0 amide bonds. The number of hydrogen-bond donors (Lipinski definition) is 2. The Bertz CT molecular complexity index is 56.9. The molecule has 1 atom stereocenters. The van der Waals surface area contributed by atoms with E-state index in [-0.39, 0.29) is 6.73 Å². The highest BCUT2D eigenvalue weighted by Crippen LogP contribution is 1.97. The number of aliphatic hydroxyl groups is 1. The number of hydrogen-bond acceptors (Lipinski definition) is 2. The summed E-state index contributed by atoms with van der Waals surface area (Å²) in [5.41, 5.74) is 0. The molecule has 0 aromatic carbocycles. The van der Waals surface area contributed by atoms with Gasteiger partial charge in [0.05, 0.1) is 6.73 Å². The van der Waals surface area contributed by atoms with E-state index in [1.165, 1.54) is 12.8 Å². The molecule has 0 spiro atoms. The van der Waals surface area contributed by atoms with Crippen LogP contribution in [0.5, 0.6) is 0 Å². The fourth-order valence-corrected chi connectivity index (χ4v) is 0.768. The molecule has 0 radical (unpaired) electrons. The molecule has 2 N–H and O–H groups in total. The predicted octanol–water partition coefficient (Wildman–Crippen LogP) is 1.10. The quantitative estimate of drug-likeness (QED) is 0.548. The van der Waals surface area contributed by atoms with Crippen LogP contribution in [0.2, 0.25) is 0 Å². The number of rotatable bonds is 5. The maximum absolute atomic E-state index is 8.42. The zero-order chi connectivity index (χ0) is 7.11. The fourth-order valence-electron chi connectivity index (χ4n) is 0.768. The fraction of sp³-hybridized carbons (Fsp3) is 1.00. The van der Waals surface area contributed by atoms with Crippen LogP contribution in [-0.4, -0.2) is 17.9 Å². The van der Waals surface area contributed by atoms with Gasteiger partial charge in [0, 0.05) is 6.04 Å². The van der Waals surface area contributed by atoms with Crippen molar-refractivity contribution in [2.24, 2.45) is 0 Å². The molecule has 56 valence electrons. The molecule has 0 saturated carbocycles. The van der Waals surface area contributed by atoms with Crippen LogP contribution in [0.25, 0.3) is 0 Å². The molecule has 0 heterocycles. The lowest BCUT2D eigenvalue weighted by atomic mass is 10.1. The van der Waals surface area contributed by atoms with Gasteiger partial charge in [-0.3, -0.25) is 5.32 Å². The maximum atomic E-state index is 8.42. The first-order chi connectivity index (χ1) is 4.31. The maximum Gasteiger partial charge on any atom is 0.0933 e. The summed E-state index contributed by atoms with van der Waals surface area (Å²) in [7, 11) is 0. The van der Waals surface area contributed by atoms with Gasteiger partial charge in [0.15, 0.2) is 0 Å². The second-order valence-corrected chi connectivity index (χ2v) is 2.41. The van der Waals surface area contributed by atoms with Crippen molar-refractivity contribution in [2.45, 2.75) is 39.2 Å². The monoisotopic (exact) mass is 131 g/mol. The highest BCUT2D eigenvalue weighted by molar-refractivity contribution is 4.55. The Hall–Kier alpha value is -0.0800. The minimum atomic E-state index is 0.102. The Morgan fingerprint density at radius 2 is 2.22 bits per heavy atom. The molecular formula is C7H17NO. The van der Waals surface area contributed by atoms with E-state index in [4.69, 9.17) is 5.11 Å². The van der Waals surface area contributed by atoms with E-state index in [1.807, 2.05) is 0 Å². The molecule has 9 heavy (non-hydrogen) atoms. The summed E-state index contributed by atoms with van der Waals surface area (Å²) in [5, 5.41) is 11.4. The molecule has 0 aliphatic carbocycles. The van der Waals surface area contributed by atoms with Gasteiger partial charge in [-0.25, -0.2) is 0 Å². The van der Waals surface area contributed by atoms with E-state index in [1.54, 1.807) is 0 Å². The second-order valence-electron chi connectivity index (χ2n) is 2.41. The van der Waals surface area contributed by atoms with Crippen LogP contribution in [0.3, 0.4) is 0 Å². The Labute approximate surface area is 57.3 Å². The van der Waals surface area contributed by atoms with Crippen molar-refractivity contribution in [1.29, 1.82) is 0 Å². The summed E-state index contributed by atoms with van der Waals surface area (Å²) in [6, 6.07) is 0.468. The normalized spacial score (nSPS) is 13.7. The first-order valence-corrected chi connectivity index (χ1v) is 3.65. The molecule has 0 fully saturated rings. The number of unbranched alkanes of at least 4 members (excludes halogenated alkanes) is 1. The molecule has 0 saturated heterocycles. The molecule has 0 aromatic rings. The summed E-state index contributed by atoms with van der Waals surface area (Å²) in [4.78, 5) is 0. The van der Waals surface area contributed by atoms with Gasteiger partial charge in [-0.05, 0) is 13.3 Å². The van der Waals surface area contributed by atoms with Crippen molar-refractivity contribution in [1.82, 2.24) is 5.32 Å². The summed E-state index contributed by atoms with van der Waals surface area (Å²) in [6.07, 6.45) is 3.64. The second kappa shape index (κ2) is 6.05. The summed E-state index contributed by atoms with van der Waals surface area (Å²) in [5.74, 6) is 0. The molecule has 0 aliphatic heterocycles. The van der Waals surface area contributed by atoms with Gasteiger partial charge in [0.25, 0.3) is 0 Å². The van der Waals surface area contributed by atoms with E-state index >= 15 is 0 Å². The first kappa shape index (κ1) is 8.92. The van der Waals surface area contributed by atoms with Gasteiger partial charge in [-0.1, -0.05) is 19.8 Å². The minimum absolute atomic E-state index is 0.102.